The molecule has 5 heteroatoms. The molecule has 4 N–H and O–H groups in total. The average Bonchev–Trinajstić information content (AvgIpc) is 2.46. The molecule has 3 rings (SSSR count). The van der Waals surface area contributed by atoms with Crippen molar-refractivity contribution in [3.05, 3.63) is 29.3 Å². The third-order valence-corrected chi connectivity index (χ3v) is 4.37. The summed E-state index contributed by atoms with van der Waals surface area (Å²) in [4.78, 5) is 12.3. The van der Waals surface area contributed by atoms with Gasteiger partial charge in [0, 0.05) is 18.6 Å². The molecule has 1 saturated heterocycles. The van der Waals surface area contributed by atoms with E-state index in [2.05, 4.69) is 5.32 Å². The molecule has 2 fully saturated rings. The lowest BCUT2D eigenvalue weighted by Crippen LogP contribution is -2.72. The first-order valence-electron chi connectivity index (χ1n) is 7.05. The SMILES string of the molecule is Cc1ccc(O)c(C(=O)NC2C(N)C3CCCOC32)c1. The number of fused-ring (bicyclic) bond motifs is 1. The molecule has 4 unspecified atom stereocenters. The van der Waals surface area contributed by atoms with Crippen molar-refractivity contribution >= 4 is 5.91 Å². The van der Waals surface area contributed by atoms with Gasteiger partial charge in [-0.2, -0.15) is 0 Å². The topological polar surface area (TPSA) is 84.6 Å². The molecule has 1 heterocycles. The van der Waals surface area contributed by atoms with Gasteiger partial charge in [0.05, 0.1) is 17.7 Å². The average molecular weight is 276 g/mol. The Morgan fingerprint density at radius 1 is 1.50 bits per heavy atom. The first-order valence-corrected chi connectivity index (χ1v) is 7.05. The Balaban J connectivity index is 1.71. The summed E-state index contributed by atoms with van der Waals surface area (Å²) in [6.45, 7) is 2.61. The molecule has 1 amide bonds. The zero-order valence-corrected chi connectivity index (χ0v) is 11.5. The number of aryl methyl sites for hydroxylation is 1. The van der Waals surface area contributed by atoms with Gasteiger partial charge in [0.2, 0.25) is 0 Å². The number of carbonyl (C=O) groups is 1. The van der Waals surface area contributed by atoms with Crippen LogP contribution in [0.5, 0.6) is 5.75 Å². The highest BCUT2D eigenvalue weighted by Gasteiger charge is 2.51. The monoisotopic (exact) mass is 276 g/mol. The Hall–Kier alpha value is -1.59. The number of carbonyl (C=O) groups excluding carboxylic acids is 1. The molecule has 1 aromatic carbocycles. The normalized spacial score (nSPS) is 32.1. The quantitative estimate of drug-likeness (QED) is 0.750. The van der Waals surface area contributed by atoms with Crippen molar-refractivity contribution in [1.82, 2.24) is 5.32 Å². The third-order valence-electron chi connectivity index (χ3n) is 4.37. The summed E-state index contributed by atoms with van der Waals surface area (Å²) < 4.78 is 5.69. The molecule has 0 aromatic heterocycles. The zero-order valence-electron chi connectivity index (χ0n) is 11.5. The number of amides is 1. The van der Waals surface area contributed by atoms with E-state index in [1.807, 2.05) is 6.92 Å². The van der Waals surface area contributed by atoms with Gasteiger partial charge in [0.15, 0.2) is 0 Å². The largest absolute Gasteiger partial charge is 0.507 e. The van der Waals surface area contributed by atoms with Crippen molar-refractivity contribution in [2.75, 3.05) is 6.61 Å². The number of nitrogens with two attached hydrogens (primary N) is 1. The molecular weight excluding hydrogens is 256 g/mol. The summed E-state index contributed by atoms with van der Waals surface area (Å²) in [6, 6.07) is 4.75. The van der Waals surface area contributed by atoms with Gasteiger partial charge >= 0.3 is 0 Å². The fourth-order valence-corrected chi connectivity index (χ4v) is 3.19. The van der Waals surface area contributed by atoms with Crippen LogP contribution >= 0.6 is 0 Å². The first-order chi connectivity index (χ1) is 9.58. The molecule has 2 aliphatic rings. The van der Waals surface area contributed by atoms with Gasteiger partial charge < -0.3 is 20.9 Å². The van der Waals surface area contributed by atoms with Crippen LogP contribution < -0.4 is 11.1 Å². The Morgan fingerprint density at radius 3 is 3.10 bits per heavy atom. The maximum absolute atomic E-state index is 12.3. The first kappa shape index (κ1) is 13.4. The minimum atomic E-state index is -0.292. The molecule has 108 valence electrons. The second-order valence-corrected chi connectivity index (χ2v) is 5.74. The van der Waals surface area contributed by atoms with Crippen LogP contribution in [0.25, 0.3) is 0 Å². The molecule has 4 atom stereocenters. The Labute approximate surface area is 118 Å². The van der Waals surface area contributed by atoms with Crippen LogP contribution in [-0.4, -0.2) is 35.8 Å². The number of phenolic OH excluding ortho intramolecular Hbond substituents is 1. The van der Waals surface area contributed by atoms with Crippen LogP contribution in [0.4, 0.5) is 0 Å². The van der Waals surface area contributed by atoms with E-state index in [-0.39, 0.29) is 35.4 Å². The lowest BCUT2D eigenvalue weighted by molar-refractivity contribution is -0.117. The van der Waals surface area contributed by atoms with Crippen LogP contribution in [0, 0.1) is 12.8 Å². The summed E-state index contributed by atoms with van der Waals surface area (Å²) in [6.07, 6.45) is 2.12. The highest BCUT2D eigenvalue weighted by atomic mass is 16.5. The molecule has 20 heavy (non-hydrogen) atoms. The maximum atomic E-state index is 12.3. The van der Waals surface area contributed by atoms with Crippen molar-refractivity contribution in [1.29, 1.82) is 0 Å². The molecule has 0 bridgehead atoms. The number of nitrogens with one attached hydrogen (secondary N) is 1. The van der Waals surface area contributed by atoms with Gasteiger partial charge in [-0.1, -0.05) is 11.6 Å². The summed E-state index contributed by atoms with van der Waals surface area (Å²) >= 11 is 0. The Bertz CT molecular complexity index is 532. The minimum Gasteiger partial charge on any atom is -0.507 e. The van der Waals surface area contributed by atoms with E-state index in [4.69, 9.17) is 10.5 Å². The van der Waals surface area contributed by atoms with E-state index in [0.29, 0.717) is 5.92 Å². The third kappa shape index (κ3) is 2.17. The van der Waals surface area contributed by atoms with Crippen LogP contribution in [0.2, 0.25) is 0 Å². The number of phenols is 1. The smallest absolute Gasteiger partial charge is 0.255 e. The van der Waals surface area contributed by atoms with Gasteiger partial charge in [-0.05, 0) is 31.9 Å². The van der Waals surface area contributed by atoms with Crippen molar-refractivity contribution in [3.63, 3.8) is 0 Å². The van der Waals surface area contributed by atoms with E-state index in [1.54, 1.807) is 12.1 Å². The number of hydrogen-bond donors (Lipinski definition) is 3. The molecule has 1 aliphatic carbocycles. The molecule has 1 saturated carbocycles. The molecular formula is C15H20N2O3. The number of rotatable bonds is 2. The second-order valence-electron chi connectivity index (χ2n) is 5.74. The fraction of sp³-hybridized carbons (Fsp3) is 0.533. The van der Waals surface area contributed by atoms with Gasteiger partial charge in [-0.15, -0.1) is 0 Å². The highest BCUT2D eigenvalue weighted by molar-refractivity contribution is 5.97. The van der Waals surface area contributed by atoms with E-state index in [9.17, 15) is 9.90 Å². The molecule has 0 spiro atoms. The molecule has 0 radical (unpaired) electrons. The van der Waals surface area contributed by atoms with Crippen molar-refractivity contribution in [2.45, 2.75) is 38.0 Å². The van der Waals surface area contributed by atoms with E-state index in [0.717, 1.165) is 25.0 Å². The minimum absolute atomic E-state index is 0.0119. The lowest BCUT2D eigenvalue weighted by Gasteiger charge is -2.52. The summed E-state index contributed by atoms with van der Waals surface area (Å²) in [5.41, 5.74) is 7.33. The summed E-state index contributed by atoms with van der Waals surface area (Å²) in [7, 11) is 0. The van der Waals surface area contributed by atoms with E-state index >= 15 is 0 Å². The number of ether oxygens (including phenoxy) is 1. The van der Waals surface area contributed by atoms with Crippen molar-refractivity contribution in [3.8, 4) is 5.75 Å². The number of aromatic hydroxyl groups is 1. The second kappa shape index (κ2) is 5.07. The zero-order chi connectivity index (χ0) is 14.3. The summed E-state index contributed by atoms with van der Waals surface area (Å²) in [5.74, 6) is 0.0431. The molecule has 5 nitrogen and oxygen atoms in total. The van der Waals surface area contributed by atoms with Crippen LogP contribution in [0.15, 0.2) is 18.2 Å². The highest BCUT2D eigenvalue weighted by Crippen LogP contribution is 2.37. The lowest BCUT2D eigenvalue weighted by atomic mass is 9.68. The Kier molecular flexibility index (Phi) is 3.40. The van der Waals surface area contributed by atoms with Crippen LogP contribution in [0.3, 0.4) is 0 Å². The molecule has 1 aromatic rings. The maximum Gasteiger partial charge on any atom is 0.255 e. The fourth-order valence-electron chi connectivity index (χ4n) is 3.19. The van der Waals surface area contributed by atoms with Crippen LogP contribution in [-0.2, 0) is 4.74 Å². The summed E-state index contributed by atoms with van der Waals surface area (Å²) in [5, 5.41) is 12.7. The van der Waals surface area contributed by atoms with E-state index in [1.165, 1.54) is 6.07 Å². The predicted molar refractivity (Wildman–Crippen MR) is 74.5 cm³/mol. The van der Waals surface area contributed by atoms with E-state index < -0.39 is 0 Å². The van der Waals surface area contributed by atoms with Gasteiger partial charge in [0.1, 0.15) is 5.75 Å². The number of benzene rings is 1. The van der Waals surface area contributed by atoms with Crippen molar-refractivity contribution in [2.24, 2.45) is 11.7 Å². The molecule has 1 aliphatic heterocycles. The van der Waals surface area contributed by atoms with Gasteiger partial charge in [-0.25, -0.2) is 0 Å². The van der Waals surface area contributed by atoms with Crippen LogP contribution in [0.1, 0.15) is 28.8 Å². The standard InChI is InChI=1S/C15H20N2O3/c1-8-4-5-11(18)10(7-8)15(19)17-13-12(16)9-3-2-6-20-14(9)13/h4-5,7,9,12-14,18H,2-3,6,16H2,1H3,(H,17,19). The van der Waals surface area contributed by atoms with Gasteiger partial charge in [-0.3, -0.25) is 4.79 Å². The number of hydrogen-bond acceptors (Lipinski definition) is 4. The predicted octanol–water partition coefficient (Wildman–Crippen LogP) is 0.935. The van der Waals surface area contributed by atoms with Crippen molar-refractivity contribution < 1.29 is 14.6 Å². The Morgan fingerprint density at radius 2 is 2.30 bits per heavy atom. The van der Waals surface area contributed by atoms with Gasteiger partial charge in [0.25, 0.3) is 5.91 Å².